The highest BCUT2D eigenvalue weighted by Crippen LogP contribution is 2.38. The summed E-state index contributed by atoms with van der Waals surface area (Å²) in [6.07, 6.45) is 2.15. The number of hydrogen-bond donors (Lipinski definition) is 2. The molecule has 2 fully saturated rings. The van der Waals surface area contributed by atoms with Crippen LogP contribution < -0.4 is 10.5 Å². The number of phenols is 1. The molecule has 1 aromatic carbocycles. The van der Waals surface area contributed by atoms with Gasteiger partial charge in [-0.2, -0.15) is 0 Å². The Kier molecular flexibility index (Phi) is 4.64. The first kappa shape index (κ1) is 15.9. The van der Waals surface area contributed by atoms with Gasteiger partial charge in [-0.25, -0.2) is 0 Å². The number of carbonyl (C=O) groups excluding carboxylic acids is 1. The average Bonchev–Trinajstić information content (AvgIpc) is 3.01. The molecule has 1 saturated heterocycles. The van der Waals surface area contributed by atoms with Crippen molar-refractivity contribution in [2.24, 2.45) is 17.6 Å². The van der Waals surface area contributed by atoms with E-state index in [9.17, 15) is 9.90 Å². The third-order valence-electron chi connectivity index (χ3n) is 4.65. The number of aromatic hydroxyl groups is 1. The van der Waals surface area contributed by atoms with E-state index in [1.165, 1.54) is 7.11 Å². The fraction of sp³-hybridized carbons (Fsp3) is 0.533. The first-order chi connectivity index (χ1) is 9.61. The third kappa shape index (κ3) is 2.68. The highest BCUT2D eigenvalue weighted by Gasteiger charge is 2.42. The first-order valence-corrected chi connectivity index (χ1v) is 7.02. The van der Waals surface area contributed by atoms with Gasteiger partial charge in [0.15, 0.2) is 11.5 Å². The van der Waals surface area contributed by atoms with Crippen molar-refractivity contribution >= 4 is 18.3 Å². The van der Waals surface area contributed by atoms with Crippen molar-refractivity contribution < 1.29 is 14.6 Å². The van der Waals surface area contributed by atoms with Crippen LogP contribution in [0.2, 0.25) is 0 Å². The lowest BCUT2D eigenvalue weighted by Crippen LogP contribution is -2.33. The van der Waals surface area contributed by atoms with E-state index in [1.54, 1.807) is 18.2 Å². The summed E-state index contributed by atoms with van der Waals surface area (Å²) in [6, 6.07) is 5.19. The molecule has 1 heterocycles. The Morgan fingerprint density at radius 2 is 2.14 bits per heavy atom. The Morgan fingerprint density at radius 3 is 2.81 bits per heavy atom. The maximum atomic E-state index is 12.5. The van der Waals surface area contributed by atoms with Gasteiger partial charge in [-0.3, -0.25) is 4.79 Å². The van der Waals surface area contributed by atoms with Gasteiger partial charge < -0.3 is 20.5 Å². The van der Waals surface area contributed by atoms with Crippen LogP contribution in [-0.2, 0) is 0 Å². The van der Waals surface area contributed by atoms with Gasteiger partial charge >= 0.3 is 0 Å². The van der Waals surface area contributed by atoms with Crippen molar-refractivity contribution in [3.8, 4) is 11.5 Å². The standard InChI is InChI=1S/C15H20N2O3.ClH/c1-20-13-4-2-3-10(14(13)18)15(19)17-7-9-5-6-12(16)11(9)8-17;/h2-4,9,11-12,18H,5-8,16H2,1H3;1H. The van der Waals surface area contributed by atoms with Crippen molar-refractivity contribution in [1.82, 2.24) is 4.90 Å². The normalized spacial score (nSPS) is 27.1. The van der Waals surface area contributed by atoms with Gasteiger partial charge in [-0.1, -0.05) is 6.07 Å². The lowest BCUT2D eigenvalue weighted by molar-refractivity contribution is 0.0776. The van der Waals surface area contributed by atoms with Crippen molar-refractivity contribution in [3.05, 3.63) is 23.8 Å². The highest BCUT2D eigenvalue weighted by molar-refractivity contribution is 5.97. The molecule has 1 saturated carbocycles. The molecule has 1 aliphatic carbocycles. The quantitative estimate of drug-likeness (QED) is 0.870. The number of phenolic OH excluding ortho intramolecular Hbond substituents is 1. The lowest BCUT2D eigenvalue weighted by Gasteiger charge is -2.19. The molecule has 0 bridgehead atoms. The molecule has 5 nitrogen and oxygen atoms in total. The molecule has 0 aromatic heterocycles. The number of rotatable bonds is 2. The molecule has 1 aliphatic heterocycles. The van der Waals surface area contributed by atoms with Gasteiger partial charge in [0, 0.05) is 19.1 Å². The summed E-state index contributed by atoms with van der Waals surface area (Å²) in [4.78, 5) is 14.4. The number of likely N-dealkylation sites (tertiary alicyclic amines) is 1. The van der Waals surface area contributed by atoms with Gasteiger partial charge in [0.25, 0.3) is 5.91 Å². The smallest absolute Gasteiger partial charge is 0.257 e. The average molecular weight is 313 g/mol. The van der Waals surface area contributed by atoms with E-state index in [4.69, 9.17) is 10.5 Å². The molecule has 3 unspecified atom stereocenters. The number of halogens is 1. The van der Waals surface area contributed by atoms with Crippen LogP contribution in [0.25, 0.3) is 0 Å². The molecular formula is C15H21ClN2O3. The number of para-hydroxylation sites is 1. The fourth-order valence-corrected chi connectivity index (χ4v) is 3.50. The Balaban J connectivity index is 0.00000161. The number of ether oxygens (including phenoxy) is 1. The number of hydrogen-bond acceptors (Lipinski definition) is 4. The summed E-state index contributed by atoms with van der Waals surface area (Å²) >= 11 is 0. The van der Waals surface area contributed by atoms with E-state index in [0.717, 1.165) is 19.4 Å². The largest absolute Gasteiger partial charge is 0.504 e. The van der Waals surface area contributed by atoms with Gasteiger partial charge in [0.1, 0.15) is 0 Å². The second-order valence-corrected chi connectivity index (χ2v) is 5.73. The summed E-state index contributed by atoms with van der Waals surface area (Å²) in [7, 11) is 1.47. The minimum atomic E-state index is -0.136. The zero-order chi connectivity index (χ0) is 14.3. The van der Waals surface area contributed by atoms with Crippen LogP contribution in [0, 0.1) is 11.8 Å². The van der Waals surface area contributed by atoms with Crippen LogP contribution in [0.15, 0.2) is 18.2 Å². The van der Waals surface area contributed by atoms with Crippen LogP contribution in [0.1, 0.15) is 23.2 Å². The summed E-state index contributed by atoms with van der Waals surface area (Å²) < 4.78 is 5.05. The van der Waals surface area contributed by atoms with Crippen molar-refractivity contribution in [3.63, 3.8) is 0 Å². The zero-order valence-electron chi connectivity index (χ0n) is 12.0. The third-order valence-corrected chi connectivity index (χ3v) is 4.65. The molecule has 116 valence electrons. The zero-order valence-corrected chi connectivity index (χ0v) is 12.8. The van der Waals surface area contributed by atoms with Crippen LogP contribution >= 0.6 is 12.4 Å². The van der Waals surface area contributed by atoms with E-state index < -0.39 is 0 Å². The van der Waals surface area contributed by atoms with Gasteiger partial charge in [-0.15, -0.1) is 12.4 Å². The molecule has 3 rings (SSSR count). The van der Waals surface area contributed by atoms with Crippen LogP contribution in [0.3, 0.4) is 0 Å². The predicted octanol–water partition coefficient (Wildman–Crippen LogP) is 1.63. The maximum absolute atomic E-state index is 12.5. The molecule has 2 aliphatic rings. The highest BCUT2D eigenvalue weighted by atomic mass is 35.5. The molecule has 0 spiro atoms. The number of amides is 1. The second-order valence-electron chi connectivity index (χ2n) is 5.73. The number of carbonyl (C=O) groups is 1. The van der Waals surface area contributed by atoms with E-state index in [2.05, 4.69) is 0 Å². The lowest BCUT2D eigenvalue weighted by atomic mass is 9.98. The molecule has 3 atom stereocenters. The van der Waals surface area contributed by atoms with Crippen molar-refractivity contribution in [2.75, 3.05) is 20.2 Å². The van der Waals surface area contributed by atoms with Crippen LogP contribution in [-0.4, -0.2) is 42.2 Å². The summed E-state index contributed by atoms with van der Waals surface area (Å²) in [5.41, 5.74) is 6.39. The van der Waals surface area contributed by atoms with Crippen LogP contribution in [0.4, 0.5) is 0 Å². The topological polar surface area (TPSA) is 75.8 Å². The molecule has 1 aromatic rings. The van der Waals surface area contributed by atoms with Gasteiger partial charge in [0.05, 0.1) is 12.7 Å². The number of fused-ring (bicyclic) bond motifs is 1. The maximum Gasteiger partial charge on any atom is 0.257 e. The molecule has 6 heteroatoms. The van der Waals surface area contributed by atoms with E-state index in [1.807, 2.05) is 4.90 Å². The van der Waals surface area contributed by atoms with E-state index >= 15 is 0 Å². The molecule has 0 radical (unpaired) electrons. The van der Waals surface area contributed by atoms with Crippen molar-refractivity contribution in [2.45, 2.75) is 18.9 Å². The minimum absolute atomic E-state index is 0. The fourth-order valence-electron chi connectivity index (χ4n) is 3.50. The molecular weight excluding hydrogens is 292 g/mol. The summed E-state index contributed by atoms with van der Waals surface area (Å²) in [6.45, 7) is 1.44. The molecule has 21 heavy (non-hydrogen) atoms. The van der Waals surface area contributed by atoms with E-state index in [-0.39, 0.29) is 30.1 Å². The second kappa shape index (κ2) is 6.12. The molecule has 3 N–H and O–H groups in total. The van der Waals surface area contributed by atoms with E-state index in [0.29, 0.717) is 29.7 Å². The molecule has 1 amide bonds. The summed E-state index contributed by atoms with van der Waals surface area (Å²) in [5.74, 6) is 1.03. The van der Waals surface area contributed by atoms with Gasteiger partial charge in [-0.05, 0) is 36.8 Å². The van der Waals surface area contributed by atoms with Gasteiger partial charge in [0.2, 0.25) is 0 Å². The predicted molar refractivity (Wildman–Crippen MR) is 82.0 cm³/mol. The Bertz CT molecular complexity index is 538. The monoisotopic (exact) mass is 312 g/mol. The number of methoxy groups -OCH3 is 1. The van der Waals surface area contributed by atoms with Crippen molar-refractivity contribution in [1.29, 1.82) is 0 Å². The number of benzene rings is 1. The Labute approximate surface area is 130 Å². The number of nitrogens with two attached hydrogens (primary N) is 1. The number of nitrogens with zero attached hydrogens (tertiary/aromatic N) is 1. The summed E-state index contributed by atoms with van der Waals surface area (Å²) in [5, 5.41) is 10.1. The SMILES string of the molecule is COc1cccc(C(=O)N2CC3CCC(N)C3C2)c1O.Cl. The minimum Gasteiger partial charge on any atom is -0.504 e. The first-order valence-electron chi connectivity index (χ1n) is 7.02. The Hall–Kier alpha value is -1.46. The Morgan fingerprint density at radius 1 is 1.38 bits per heavy atom. The van der Waals surface area contributed by atoms with Crippen LogP contribution in [0.5, 0.6) is 11.5 Å².